The van der Waals surface area contributed by atoms with Crippen LogP contribution in [0.3, 0.4) is 0 Å². The van der Waals surface area contributed by atoms with Gasteiger partial charge in [0.05, 0.1) is 0 Å². The third-order valence-electron chi connectivity index (χ3n) is 2.13. The lowest BCUT2D eigenvalue weighted by molar-refractivity contribution is -0.114. The molecule has 0 spiro atoms. The van der Waals surface area contributed by atoms with E-state index in [2.05, 4.69) is 31.9 Å². The summed E-state index contributed by atoms with van der Waals surface area (Å²) >= 11 is 0. The molecule has 0 aromatic heterocycles. The lowest BCUT2D eigenvalue weighted by atomic mass is 9.86. The van der Waals surface area contributed by atoms with Crippen molar-refractivity contribution in [2.24, 2.45) is 5.41 Å². The number of carbonyl (C=O) groups excluding carboxylic acids is 1. The van der Waals surface area contributed by atoms with E-state index >= 15 is 0 Å². The molecule has 0 amide bonds. The van der Waals surface area contributed by atoms with Crippen LogP contribution in [0.5, 0.6) is 0 Å². The first-order chi connectivity index (χ1) is 5.41. The SMILES string of the molecule is CC(=O)C1=CC(C)(C)CN(C)C1. The molecule has 0 bridgehead atoms. The minimum absolute atomic E-state index is 0.147. The van der Waals surface area contributed by atoms with E-state index in [1.54, 1.807) is 6.92 Å². The number of hydrogen-bond acceptors (Lipinski definition) is 2. The maximum Gasteiger partial charge on any atom is 0.156 e. The molecule has 1 aliphatic rings. The Bertz CT molecular complexity index is 228. The molecule has 1 rings (SSSR count). The zero-order chi connectivity index (χ0) is 9.35. The molecule has 0 N–H and O–H groups in total. The molecular weight excluding hydrogens is 150 g/mol. The third kappa shape index (κ3) is 2.18. The van der Waals surface area contributed by atoms with Crippen molar-refractivity contribution in [2.75, 3.05) is 20.1 Å². The van der Waals surface area contributed by atoms with Gasteiger partial charge in [0, 0.05) is 18.7 Å². The zero-order valence-corrected chi connectivity index (χ0v) is 8.35. The smallest absolute Gasteiger partial charge is 0.156 e. The van der Waals surface area contributed by atoms with Crippen molar-refractivity contribution in [3.8, 4) is 0 Å². The lowest BCUT2D eigenvalue weighted by Gasteiger charge is -2.33. The van der Waals surface area contributed by atoms with Crippen LogP contribution in [-0.2, 0) is 4.79 Å². The number of hydrogen-bond donors (Lipinski definition) is 0. The van der Waals surface area contributed by atoms with Gasteiger partial charge < -0.3 is 4.90 Å². The van der Waals surface area contributed by atoms with Gasteiger partial charge in [-0.3, -0.25) is 4.79 Å². The van der Waals surface area contributed by atoms with Crippen molar-refractivity contribution in [3.63, 3.8) is 0 Å². The summed E-state index contributed by atoms with van der Waals surface area (Å²) in [5.41, 5.74) is 1.10. The normalized spacial score (nSPS) is 23.5. The van der Waals surface area contributed by atoms with E-state index in [0.29, 0.717) is 0 Å². The molecule has 68 valence electrons. The summed E-state index contributed by atoms with van der Waals surface area (Å²) in [6.45, 7) is 7.79. The molecule has 0 radical (unpaired) electrons. The van der Waals surface area contributed by atoms with Gasteiger partial charge in [0.15, 0.2) is 5.78 Å². The van der Waals surface area contributed by atoms with Gasteiger partial charge in [0.1, 0.15) is 0 Å². The first-order valence-corrected chi connectivity index (χ1v) is 4.32. The Balaban J connectivity index is 2.88. The number of Topliss-reactive ketones (excluding diaryl/α,β-unsaturated/α-hetero) is 1. The van der Waals surface area contributed by atoms with Gasteiger partial charge in [-0.05, 0) is 19.4 Å². The summed E-state index contributed by atoms with van der Waals surface area (Å²) in [5, 5.41) is 0. The zero-order valence-electron chi connectivity index (χ0n) is 8.35. The van der Waals surface area contributed by atoms with Gasteiger partial charge >= 0.3 is 0 Å². The molecule has 2 nitrogen and oxygen atoms in total. The third-order valence-corrected chi connectivity index (χ3v) is 2.13. The Kier molecular flexibility index (Phi) is 2.38. The maximum absolute atomic E-state index is 11.1. The number of likely N-dealkylation sites (N-methyl/N-ethyl adjacent to an activating group) is 1. The molecule has 0 aromatic rings. The maximum atomic E-state index is 11.1. The van der Waals surface area contributed by atoms with Crippen LogP contribution in [0.2, 0.25) is 0 Å². The summed E-state index contributed by atoms with van der Waals surface area (Å²) in [6.07, 6.45) is 2.11. The van der Waals surface area contributed by atoms with Gasteiger partial charge in [-0.25, -0.2) is 0 Å². The predicted octanol–water partition coefficient (Wildman–Crippen LogP) is 1.47. The number of rotatable bonds is 1. The van der Waals surface area contributed by atoms with Crippen LogP contribution in [0.4, 0.5) is 0 Å². The van der Waals surface area contributed by atoms with E-state index in [9.17, 15) is 4.79 Å². The van der Waals surface area contributed by atoms with Crippen molar-refractivity contribution < 1.29 is 4.79 Å². The molecule has 12 heavy (non-hydrogen) atoms. The molecule has 1 heterocycles. The number of nitrogens with zero attached hydrogens (tertiary/aromatic N) is 1. The van der Waals surface area contributed by atoms with Crippen molar-refractivity contribution >= 4 is 5.78 Å². The van der Waals surface area contributed by atoms with Crippen molar-refractivity contribution in [1.82, 2.24) is 4.90 Å². The quantitative estimate of drug-likeness (QED) is 0.589. The Morgan fingerprint density at radius 3 is 2.58 bits per heavy atom. The van der Waals surface area contributed by atoms with Gasteiger partial charge in [0.25, 0.3) is 0 Å². The highest BCUT2D eigenvalue weighted by Crippen LogP contribution is 2.25. The van der Waals surface area contributed by atoms with Crippen molar-refractivity contribution in [1.29, 1.82) is 0 Å². The second kappa shape index (κ2) is 3.02. The Hall–Kier alpha value is -0.630. The Morgan fingerprint density at radius 2 is 2.17 bits per heavy atom. The Morgan fingerprint density at radius 1 is 1.58 bits per heavy atom. The van der Waals surface area contributed by atoms with Crippen LogP contribution in [0.1, 0.15) is 20.8 Å². The molecule has 0 saturated carbocycles. The summed E-state index contributed by atoms with van der Waals surface area (Å²) < 4.78 is 0. The summed E-state index contributed by atoms with van der Waals surface area (Å²) in [6, 6.07) is 0. The average Bonchev–Trinajstić information content (AvgIpc) is 1.82. The van der Waals surface area contributed by atoms with Crippen LogP contribution in [-0.4, -0.2) is 30.8 Å². The first-order valence-electron chi connectivity index (χ1n) is 4.32. The van der Waals surface area contributed by atoms with E-state index in [-0.39, 0.29) is 11.2 Å². The van der Waals surface area contributed by atoms with Crippen LogP contribution in [0.25, 0.3) is 0 Å². The fourth-order valence-corrected chi connectivity index (χ4v) is 1.82. The molecule has 0 saturated heterocycles. The predicted molar refractivity (Wildman–Crippen MR) is 50.0 cm³/mol. The second-order valence-corrected chi connectivity index (χ2v) is 4.39. The minimum atomic E-state index is 0.147. The van der Waals surface area contributed by atoms with E-state index in [1.165, 1.54) is 0 Å². The molecule has 0 unspecified atom stereocenters. The topological polar surface area (TPSA) is 20.3 Å². The van der Waals surface area contributed by atoms with E-state index < -0.39 is 0 Å². The van der Waals surface area contributed by atoms with Crippen LogP contribution in [0.15, 0.2) is 11.6 Å². The van der Waals surface area contributed by atoms with Gasteiger partial charge in [0.2, 0.25) is 0 Å². The summed E-state index contributed by atoms with van der Waals surface area (Å²) in [5.74, 6) is 0.203. The fraction of sp³-hybridized carbons (Fsp3) is 0.700. The van der Waals surface area contributed by atoms with Gasteiger partial charge in [-0.1, -0.05) is 19.9 Å². The molecule has 0 atom stereocenters. The van der Waals surface area contributed by atoms with E-state index in [1.807, 2.05) is 0 Å². The second-order valence-electron chi connectivity index (χ2n) is 4.39. The summed E-state index contributed by atoms with van der Waals surface area (Å²) in [7, 11) is 2.05. The molecule has 0 aliphatic carbocycles. The molecule has 0 aromatic carbocycles. The monoisotopic (exact) mass is 167 g/mol. The molecule has 1 aliphatic heterocycles. The van der Waals surface area contributed by atoms with Crippen LogP contribution >= 0.6 is 0 Å². The highest BCUT2D eigenvalue weighted by atomic mass is 16.1. The lowest BCUT2D eigenvalue weighted by Crippen LogP contribution is -2.37. The summed E-state index contributed by atoms with van der Waals surface area (Å²) in [4.78, 5) is 13.3. The molecule has 0 fully saturated rings. The highest BCUT2D eigenvalue weighted by molar-refractivity contribution is 5.93. The minimum Gasteiger partial charge on any atom is -0.301 e. The fourth-order valence-electron chi connectivity index (χ4n) is 1.82. The van der Waals surface area contributed by atoms with E-state index in [4.69, 9.17) is 0 Å². The number of carbonyl (C=O) groups is 1. The first kappa shape index (κ1) is 9.46. The highest BCUT2D eigenvalue weighted by Gasteiger charge is 2.25. The van der Waals surface area contributed by atoms with Crippen LogP contribution < -0.4 is 0 Å². The largest absolute Gasteiger partial charge is 0.301 e. The van der Waals surface area contributed by atoms with Crippen molar-refractivity contribution in [2.45, 2.75) is 20.8 Å². The van der Waals surface area contributed by atoms with E-state index in [0.717, 1.165) is 18.7 Å². The number of ketones is 1. The van der Waals surface area contributed by atoms with Crippen molar-refractivity contribution in [3.05, 3.63) is 11.6 Å². The van der Waals surface area contributed by atoms with Gasteiger partial charge in [-0.15, -0.1) is 0 Å². The Labute approximate surface area is 74.2 Å². The average molecular weight is 167 g/mol. The van der Waals surface area contributed by atoms with Crippen LogP contribution in [0, 0.1) is 5.41 Å². The molecular formula is C10H17NO. The van der Waals surface area contributed by atoms with Gasteiger partial charge in [-0.2, -0.15) is 0 Å². The molecule has 2 heteroatoms. The standard InChI is InChI=1S/C10H17NO/c1-8(12)9-5-10(2,3)7-11(4)6-9/h5H,6-7H2,1-4H3.